The van der Waals surface area contributed by atoms with Crippen molar-refractivity contribution < 1.29 is 0 Å². The van der Waals surface area contributed by atoms with Crippen LogP contribution in [0.1, 0.15) is 39.0 Å². The highest BCUT2D eigenvalue weighted by atomic mass is 15.3. The van der Waals surface area contributed by atoms with Crippen molar-refractivity contribution in [3.63, 3.8) is 0 Å². The molecule has 0 amide bonds. The zero-order valence-corrected chi connectivity index (χ0v) is 13.9. The van der Waals surface area contributed by atoms with Gasteiger partial charge >= 0.3 is 0 Å². The summed E-state index contributed by atoms with van der Waals surface area (Å²) in [6, 6.07) is 0. The van der Waals surface area contributed by atoms with Crippen LogP contribution in [0.15, 0.2) is 45.5 Å². The summed E-state index contributed by atoms with van der Waals surface area (Å²) in [6.07, 6.45) is 13.9. The third-order valence-electron chi connectivity index (χ3n) is 4.13. The Morgan fingerprint density at radius 2 is 2.09 bits per heavy atom. The molecule has 2 aliphatic carbocycles. The predicted molar refractivity (Wildman–Crippen MR) is 98.0 cm³/mol. The number of allylic oxidation sites excluding steroid dienone is 5. The number of hydrogen-bond acceptors (Lipinski definition) is 4. The Kier molecular flexibility index (Phi) is 6.20. The number of hydrogen-bond donors (Lipinski definition) is 3. The second-order valence-electron chi connectivity index (χ2n) is 5.95. The van der Waals surface area contributed by atoms with E-state index in [2.05, 4.69) is 34.6 Å². The van der Waals surface area contributed by atoms with E-state index in [1.54, 1.807) is 13.3 Å². The molecule has 0 fully saturated rings. The zero-order valence-electron chi connectivity index (χ0n) is 13.9. The molecule has 2 rings (SSSR count). The standard InChI is InChI=1S/C18H25N5/c1-13-6-8-16(20)10-11-17(13)18(21-2)23-22-12-14-4-3-5-15(19)9-7-14/h4,7,9,11-13,19-20H,3,5-6,8,10H2,1-2H3,(H,21,23)/b19-15?,20-16?,22-12-. The Labute approximate surface area is 138 Å². The van der Waals surface area contributed by atoms with Crippen LogP contribution in [0.4, 0.5) is 0 Å². The number of rotatable bonds is 3. The number of hydrazone groups is 1. The van der Waals surface area contributed by atoms with E-state index in [1.165, 1.54) is 0 Å². The Bertz CT molecular complexity index is 619. The van der Waals surface area contributed by atoms with Gasteiger partial charge in [-0.05, 0) is 48.8 Å². The lowest BCUT2D eigenvalue weighted by molar-refractivity contribution is 0.651. The van der Waals surface area contributed by atoms with Crippen molar-refractivity contribution in [1.82, 2.24) is 5.43 Å². The normalized spacial score (nSPS) is 23.4. The van der Waals surface area contributed by atoms with Crippen molar-refractivity contribution in [2.45, 2.75) is 39.0 Å². The first-order valence-electron chi connectivity index (χ1n) is 8.08. The number of nitrogens with zero attached hydrogens (tertiary/aromatic N) is 2. The van der Waals surface area contributed by atoms with Crippen LogP contribution < -0.4 is 5.43 Å². The molecule has 0 saturated heterocycles. The molecule has 122 valence electrons. The van der Waals surface area contributed by atoms with Gasteiger partial charge in [0.05, 0.1) is 6.21 Å². The van der Waals surface area contributed by atoms with E-state index in [0.717, 1.165) is 48.4 Å². The molecule has 0 heterocycles. The third kappa shape index (κ3) is 5.13. The van der Waals surface area contributed by atoms with Crippen molar-refractivity contribution in [2.75, 3.05) is 7.05 Å². The highest BCUT2D eigenvalue weighted by Gasteiger charge is 2.18. The number of nitrogens with one attached hydrogen (secondary N) is 3. The Hall–Kier alpha value is -2.30. The molecule has 3 N–H and O–H groups in total. The maximum Gasteiger partial charge on any atom is 0.144 e. The Morgan fingerprint density at radius 3 is 2.87 bits per heavy atom. The third-order valence-corrected chi connectivity index (χ3v) is 4.13. The van der Waals surface area contributed by atoms with Gasteiger partial charge in [0.25, 0.3) is 0 Å². The molecule has 0 aromatic heterocycles. The summed E-state index contributed by atoms with van der Waals surface area (Å²) < 4.78 is 0. The van der Waals surface area contributed by atoms with Crippen molar-refractivity contribution in [3.05, 3.63) is 35.5 Å². The molecule has 0 aliphatic heterocycles. The fourth-order valence-electron chi connectivity index (χ4n) is 2.66. The van der Waals surface area contributed by atoms with Gasteiger partial charge in [0.1, 0.15) is 5.84 Å². The summed E-state index contributed by atoms with van der Waals surface area (Å²) in [5, 5.41) is 19.8. The molecular formula is C18H25N5. The van der Waals surface area contributed by atoms with Crippen LogP contribution in [0.3, 0.4) is 0 Å². The molecular weight excluding hydrogens is 286 g/mol. The van der Waals surface area contributed by atoms with Gasteiger partial charge in [0.15, 0.2) is 0 Å². The van der Waals surface area contributed by atoms with Crippen LogP contribution in [0, 0.1) is 16.7 Å². The first-order chi connectivity index (χ1) is 11.1. The maximum absolute atomic E-state index is 7.85. The van der Waals surface area contributed by atoms with Crippen LogP contribution in [0.25, 0.3) is 0 Å². The lowest BCUT2D eigenvalue weighted by Gasteiger charge is -2.15. The molecule has 0 radical (unpaired) electrons. The molecule has 0 aromatic rings. The van der Waals surface area contributed by atoms with Gasteiger partial charge in [-0.1, -0.05) is 25.2 Å². The van der Waals surface area contributed by atoms with Crippen LogP contribution in [0.2, 0.25) is 0 Å². The minimum Gasteiger partial charge on any atom is -0.309 e. The molecule has 5 heteroatoms. The fourth-order valence-corrected chi connectivity index (χ4v) is 2.66. The molecule has 5 nitrogen and oxygen atoms in total. The topological polar surface area (TPSA) is 84.5 Å². The summed E-state index contributed by atoms with van der Waals surface area (Å²) >= 11 is 0. The van der Waals surface area contributed by atoms with Gasteiger partial charge in [-0.3, -0.25) is 10.4 Å². The summed E-state index contributed by atoms with van der Waals surface area (Å²) in [5.74, 6) is 1.14. The molecule has 0 aromatic carbocycles. The van der Waals surface area contributed by atoms with Gasteiger partial charge in [-0.25, -0.2) is 0 Å². The van der Waals surface area contributed by atoms with E-state index in [4.69, 9.17) is 10.8 Å². The highest BCUT2D eigenvalue weighted by molar-refractivity contribution is 6.00. The summed E-state index contributed by atoms with van der Waals surface area (Å²) in [6.45, 7) is 2.17. The average molecular weight is 311 g/mol. The van der Waals surface area contributed by atoms with Gasteiger partial charge in [0.2, 0.25) is 0 Å². The van der Waals surface area contributed by atoms with E-state index in [1.807, 2.05) is 12.2 Å². The fraction of sp³-hybridized carbons (Fsp3) is 0.444. The van der Waals surface area contributed by atoms with Crippen molar-refractivity contribution in [2.24, 2.45) is 16.0 Å². The number of aliphatic imine (C=N–C) groups is 1. The quantitative estimate of drug-likeness (QED) is 0.415. The second kappa shape index (κ2) is 8.36. The largest absolute Gasteiger partial charge is 0.309 e. The monoisotopic (exact) mass is 311 g/mol. The minimum atomic E-state index is 0.372. The second-order valence-corrected chi connectivity index (χ2v) is 5.95. The van der Waals surface area contributed by atoms with E-state index >= 15 is 0 Å². The molecule has 2 aliphatic rings. The van der Waals surface area contributed by atoms with Crippen LogP contribution in [-0.4, -0.2) is 30.5 Å². The van der Waals surface area contributed by atoms with Crippen molar-refractivity contribution in [3.8, 4) is 0 Å². The molecule has 23 heavy (non-hydrogen) atoms. The van der Waals surface area contributed by atoms with Gasteiger partial charge in [-0.15, -0.1) is 0 Å². The Morgan fingerprint density at radius 1 is 1.26 bits per heavy atom. The molecule has 0 spiro atoms. The van der Waals surface area contributed by atoms with Gasteiger partial charge in [0, 0.05) is 24.9 Å². The van der Waals surface area contributed by atoms with E-state index < -0.39 is 0 Å². The molecule has 0 saturated carbocycles. The first kappa shape index (κ1) is 17.1. The van der Waals surface area contributed by atoms with Crippen molar-refractivity contribution >= 4 is 23.5 Å². The summed E-state index contributed by atoms with van der Waals surface area (Å²) in [7, 11) is 1.76. The van der Waals surface area contributed by atoms with E-state index in [-0.39, 0.29) is 0 Å². The van der Waals surface area contributed by atoms with Crippen LogP contribution >= 0.6 is 0 Å². The van der Waals surface area contributed by atoms with Crippen LogP contribution in [-0.2, 0) is 0 Å². The highest BCUT2D eigenvalue weighted by Crippen LogP contribution is 2.22. The lowest BCUT2D eigenvalue weighted by atomic mass is 9.96. The van der Waals surface area contributed by atoms with Crippen molar-refractivity contribution in [1.29, 1.82) is 10.8 Å². The van der Waals surface area contributed by atoms with Gasteiger partial charge < -0.3 is 10.8 Å². The predicted octanol–water partition coefficient (Wildman–Crippen LogP) is 3.65. The smallest absolute Gasteiger partial charge is 0.144 e. The van der Waals surface area contributed by atoms with E-state index in [0.29, 0.717) is 18.1 Å². The van der Waals surface area contributed by atoms with Gasteiger partial charge in [-0.2, -0.15) is 5.10 Å². The van der Waals surface area contributed by atoms with Crippen LogP contribution in [0.5, 0.6) is 0 Å². The Balaban J connectivity index is 2.03. The first-order valence-corrected chi connectivity index (χ1v) is 8.08. The zero-order chi connectivity index (χ0) is 16.7. The van der Waals surface area contributed by atoms with E-state index in [9.17, 15) is 0 Å². The lowest BCUT2D eigenvalue weighted by Crippen LogP contribution is -2.23. The maximum atomic E-state index is 7.85. The number of amidine groups is 1. The molecule has 1 atom stereocenters. The minimum absolute atomic E-state index is 0.372. The average Bonchev–Trinajstić information content (AvgIpc) is 2.84. The molecule has 1 unspecified atom stereocenters. The SMILES string of the molecule is CN=C(N/N=C\C1=CCCC(=N)C=C1)C1=CCC(=N)CCC1C. The molecule has 0 bridgehead atoms. The summed E-state index contributed by atoms with van der Waals surface area (Å²) in [5.41, 5.74) is 6.61. The summed E-state index contributed by atoms with van der Waals surface area (Å²) in [4.78, 5) is 4.32.